The van der Waals surface area contributed by atoms with Gasteiger partial charge in [-0.15, -0.1) is 0 Å². The summed E-state index contributed by atoms with van der Waals surface area (Å²) in [4.78, 5) is 21.6. The maximum atomic E-state index is 11.1. The molecule has 0 bridgehead atoms. The second kappa shape index (κ2) is 5.09. The Labute approximate surface area is 100 Å². The molecule has 4 N–H and O–H groups in total. The van der Waals surface area contributed by atoms with Gasteiger partial charge >= 0.3 is 0 Å². The number of hydrogen-bond acceptors (Lipinski definition) is 5. The Balaban J connectivity index is 2.02. The van der Waals surface area contributed by atoms with Crippen LogP contribution in [0.15, 0.2) is 12.3 Å². The maximum absolute atomic E-state index is 11.1. The van der Waals surface area contributed by atoms with Crippen molar-refractivity contribution < 1.29 is 4.79 Å². The van der Waals surface area contributed by atoms with Crippen molar-refractivity contribution >= 4 is 11.7 Å². The molecule has 0 aliphatic carbocycles. The van der Waals surface area contributed by atoms with Crippen LogP contribution in [0, 0.1) is 5.92 Å². The number of hydrogen-bond donors (Lipinski definition) is 2. The number of primary amides is 1. The van der Waals surface area contributed by atoms with Crippen molar-refractivity contribution in [2.24, 2.45) is 17.4 Å². The molecule has 17 heavy (non-hydrogen) atoms. The van der Waals surface area contributed by atoms with E-state index in [-0.39, 0.29) is 11.8 Å². The van der Waals surface area contributed by atoms with Gasteiger partial charge in [-0.25, -0.2) is 9.97 Å². The summed E-state index contributed by atoms with van der Waals surface area (Å²) in [5.74, 6) is 1.32. The molecule has 2 rings (SSSR count). The van der Waals surface area contributed by atoms with E-state index in [0.717, 1.165) is 31.7 Å². The van der Waals surface area contributed by atoms with Gasteiger partial charge in [0.05, 0.1) is 6.54 Å². The lowest BCUT2D eigenvalue weighted by Crippen LogP contribution is -2.39. The number of nitrogens with zero attached hydrogens (tertiary/aromatic N) is 3. The zero-order valence-electron chi connectivity index (χ0n) is 9.67. The largest absolute Gasteiger partial charge is 0.369 e. The molecule has 92 valence electrons. The van der Waals surface area contributed by atoms with Crippen LogP contribution in [0.25, 0.3) is 0 Å². The van der Waals surface area contributed by atoms with E-state index in [9.17, 15) is 4.79 Å². The van der Waals surface area contributed by atoms with Crippen LogP contribution in [-0.2, 0) is 11.3 Å². The van der Waals surface area contributed by atoms with Crippen LogP contribution in [0.2, 0.25) is 0 Å². The van der Waals surface area contributed by atoms with Gasteiger partial charge in [-0.3, -0.25) is 4.79 Å². The summed E-state index contributed by atoms with van der Waals surface area (Å²) in [6.07, 6.45) is 3.29. The predicted octanol–water partition coefficient (Wildman–Crippen LogP) is -0.363. The summed E-state index contributed by atoms with van der Waals surface area (Å²) < 4.78 is 0. The first-order valence-corrected chi connectivity index (χ1v) is 5.77. The third kappa shape index (κ3) is 2.71. The zero-order chi connectivity index (χ0) is 12.3. The number of nitrogens with two attached hydrogens (primary N) is 2. The van der Waals surface area contributed by atoms with E-state index in [1.54, 1.807) is 6.20 Å². The highest BCUT2D eigenvalue weighted by Crippen LogP contribution is 2.21. The van der Waals surface area contributed by atoms with Crippen molar-refractivity contribution in [1.82, 2.24) is 9.97 Å². The van der Waals surface area contributed by atoms with Gasteiger partial charge in [-0.2, -0.15) is 0 Å². The van der Waals surface area contributed by atoms with Gasteiger partial charge in [0.25, 0.3) is 0 Å². The first-order chi connectivity index (χ1) is 8.20. The molecule has 0 saturated carbocycles. The zero-order valence-corrected chi connectivity index (χ0v) is 9.67. The molecular formula is C11H17N5O. The van der Waals surface area contributed by atoms with Crippen LogP contribution >= 0.6 is 0 Å². The summed E-state index contributed by atoms with van der Waals surface area (Å²) in [5.41, 5.74) is 10.8. The van der Waals surface area contributed by atoms with Gasteiger partial charge in [0.15, 0.2) is 0 Å². The number of carbonyl (C=O) groups excluding carboxylic acids is 1. The van der Waals surface area contributed by atoms with Crippen LogP contribution in [-0.4, -0.2) is 29.0 Å². The fourth-order valence-electron chi connectivity index (χ4n) is 2.06. The number of aromatic nitrogens is 2. The summed E-state index contributed by atoms with van der Waals surface area (Å²) >= 11 is 0. The van der Waals surface area contributed by atoms with E-state index < -0.39 is 0 Å². The molecule has 0 spiro atoms. The Morgan fingerprint density at radius 1 is 1.47 bits per heavy atom. The molecule has 1 aromatic rings. The molecule has 1 aromatic heterocycles. The van der Waals surface area contributed by atoms with Gasteiger partial charge < -0.3 is 16.4 Å². The fourth-order valence-corrected chi connectivity index (χ4v) is 2.06. The van der Waals surface area contributed by atoms with Crippen molar-refractivity contribution in [2.75, 3.05) is 18.0 Å². The lowest BCUT2D eigenvalue weighted by Gasteiger charge is -2.31. The van der Waals surface area contributed by atoms with Crippen LogP contribution in [0.5, 0.6) is 0 Å². The van der Waals surface area contributed by atoms with Crippen LogP contribution in [0.3, 0.4) is 0 Å². The van der Waals surface area contributed by atoms with E-state index >= 15 is 0 Å². The van der Waals surface area contributed by atoms with Gasteiger partial charge in [0, 0.05) is 25.2 Å². The minimum Gasteiger partial charge on any atom is -0.369 e. The maximum Gasteiger partial charge on any atom is 0.220 e. The topological polar surface area (TPSA) is 98.1 Å². The Morgan fingerprint density at radius 3 is 2.76 bits per heavy atom. The highest BCUT2D eigenvalue weighted by molar-refractivity contribution is 5.76. The minimum absolute atomic E-state index is 0.00191. The normalized spacial score (nSPS) is 17.1. The summed E-state index contributed by atoms with van der Waals surface area (Å²) in [6, 6.07) is 1.86. The van der Waals surface area contributed by atoms with E-state index in [2.05, 4.69) is 14.9 Å². The van der Waals surface area contributed by atoms with E-state index in [4.69, 9.17) is 11.5 Å². The summed E-state index contributed by atoms with van der Waals surface area (Å²) in [7, 11) is 0. The van der Waals surface area contributed by atoms with Crippen molar-refractivity contribution in [3.8, 4) is 0 Å². The highest BCUT2D eigenvalue weighted by atomic mass is 16.1. The number of carbonyl (C=O) groups is 1. The predicted molar refractivity (Wildman–Crippen MR) is 64.1 cm³/mol. The van der Waals surface area contributed by atoms with Crippen molar-refractivity contribution in [3.63, 3.8) is 0 Å². The van der Waals surface area contributed by atoms with Crippen molar-refractivity contribution in [3.05, 3.63) is 18.1 Å². The standard InChI is InChI=1S/C11H17N5O/c12-7-9-14-4-1-10(15-9)16-5-2-8(3-6-16)11(13)17/h1,4,8H,2-3,5-7,12H2,(H2,13,17). The number of anilines is 1. The molecule has 0 radical (unpaired) electrons. The van der Waals surface area contributed by atoms with Crippen LogP contribution in [0.1, 0.15) is 18.7 Å². The lowest BCUT2D eigenvalue weighted by atomic mass is 9.96. The Bertz CT molecular complexity index is 401. The summed E-state index contributed by atoms with van der Waals surface area (Å²) in [5, 5.41) is 0. The molecule has 0 unspecified atom stereocenters. The Kier molecular flexibility index (Phi) is 3.53. The van der Waals surface area contributed by atoms with Crippen LogP contribution < -0.4 is 16.4 Å². The van der Waals surface area contributed by atoms with E-state index in [1.807, 2.05) is 6.07 Å². The number of amides is 1. The third-order valence-corrected chi connectivity index (χ3v) is 3.09. The Morgan fingerprint density at radius 2 is 2.18 bits per heavy atom. The molecule has 1 aliphatic heterocycles. The lowest BCUT2D eigenvalue weighted by molar-refractivity contribution is -0.122. The van der Waals surface area contributed by atoms with E-state index in [1.165, 1.54) is 0 Å². The molecule has 0 aromatic carbocycles. The number of rotatable bonds is 3. The van der Waals surface area contributed by atoms with Gasteiger partial charge in [-0.05, 0) is 18.9 Å². The molecule has 1 aliphatic rings. The minimum atomic E-state index is -0.199. The van der Waals surface area contributed by atoms with Crippen molar-refractivity contribution in [1.29, 1.82) is 0 Å². The second-order valence-electron chi connectivity index (χ2n) is 4.20. The average Bonchev–Trinajstić information content (AvgIpc) is 2.39. The molecule has 1 saturated heterocycles. The summed E-state index contributed by atoms with van der Waals surface area (Å²) in [6.45, 7) is 1.94. The van der Waals surface area contributed by atoms with Crippen LogP contribution in [0.4, 0.5) is 5.82 Å². The quantitative estimate of drug-likeness (QED) is 0.745. The van der Waals surface area contributed by atoms with Gasteiger partial charge in [-0.1, -0.05) is 0 Å². The van der Waals surface area contributed by atoms with Gasteiger partial charge in [0.2, 0.25) is 5.91 Å². The van der Waals surface area contributed by atoms with E-state index in [0.29, 0.717) is 12.4 Å². The monoisotopic (exact) mass is 235 g/mol. The van der Waals surface area contributed by atoms with Gasteiger partial charge in [0.1, 0.15) is 11.6 Å². The number of piperidine rings is 1. The smallest absolute Gasteiger partial charge is 0.220 e. The molecular weight excluding hydrogens is 218 g/mol. The SMILES string of the molecule is NCc1nccc(N2CCC(C(N)=O)CC2)n1. The molecule has 6 heteroatoms. The second-order valence-corrected chi connectivity index (χ2v) is 4.20. The molecule has 1 amide bonds. The first kappa shape index (κ1) is 11.8. The average molecular weight is 235 g/mol. The molecule has 2 heterocycles. The molecule has 6 nitrogen and oxygen atoms in total. The Hall–Kier alpha value is -1.69. The fraction of sp³-hybridized carbons (Fsp3) is 0.545. The highest BCUT2D eigenvalue weighted by Gasteiger charge is 2.23. The van der Waals surface area contributed by atoms with Crippen molar-refractivity contribution in [2.45, 2.75) is 19.4 Å². The molecule has 1 fully saturated rings. The molecule has 0 atom stereocenters. The third-order valence-electron chi connectivity index (χ3n) is 3.09. The first-order valence-electron chi connectivity index (χ1n) is 5.77.